The molecule has 0 heterocycles. The molecule has 0 radical (unpaired) electrons. The van der Waals surface area contributed by atoms with Crippen molar-refractivity contribution in [2.45, 2.75) is 54.4 Å². The molecular formula is C52H50N2. The van der Waals surface area contributed by atoms with Gasteiger partial charge >= 0.3 is 0 Å². The fourth-order valence-corrected chi connectivity index (χ4v) is 7.18. The fraction of sp³-hybridized carbons (Fsp3) is 0.154. The van der Waals surface area contributed by atoms with Crippen molar-refractivity contribution in [3.63, 3.8) is 0 Å². The number of anilines is 6. The van der Waals surface area contributed by atoms with Crippen LogP contribution in [0.15, 0.2) is 158 Å². The molecule has 0 aromatic heterocycles. The highest BCUT2D eigenvalue weighted by atomic mass is 15.1. The molecule has 0 bridgehead atoms. The van der Waals surface area contributed by atoms with E-state index in [4.69, 9.17) is 0 Å². The van der Waals surface area contributed by atoms with E-state index in [1.165, 1.54) is 78.4 Å². The Morgan fingerprint density at radius 2 is 0.630 bits per heavy atom. The van der Waals surface area contributed by atoms with Gasteiger partial charge in [0.2, 0.25) is 0 Å². The summed E-state index contributed by atoms with van der Waals surface area (Å²) >= 11 is 0. The van der Waals surface area contributed by atoms with Crippen molar-refractivity contribution in [3.05, 3.63) is 213 Å². The summed E-state index contributed by atoms with van der Waals surface area (Å²) in [5, 5.41) is 0. The molecule has 54 heavy (non-hydrogen) atoms. The van der Waals surface area contributed by atoms with Crippen LogP contribution in [0.25, 0.3) is 12.2 Å². The number of hydrogen-bond donors (Lipinski definition) is 0. The normalized spacial score (nSPS) is 11.2. The summed E-state index contributed by atoms with van der Waals surface area (Å²) in [7, 11) is 0. The highest BCUT2D eigenvalue weighted by Crippen LogP contribution is 2.38. The monoisotopic (exact) mass is 702 g/mol. The Hall–Kier alpha value is -6.12. The molecule has 0 aliphatic rings. The molecule has 0 N–H and O–H groups in total. The second kappa shape index (κ2) is 16.3. The van der Waals surface area contributed by atoms with E-state index in [1.54, 1.807) is 0 Å². The standard InChI is InChI=1S/C52H50N2/c1-37-7-25-47(26-8-37)53(51-33-11-39(3)35-41(51)5)49-29-21-45(22-30-49)19-17-43-13-15-44(16-14-43)18-20-46-23-31-50(32-24-46)54(48-27-9-38(2)10-28-48)52-34-12-40(4)36-42(52)6/h7-17,19,21-36H,18,20H2,1-6H3/b19-17+. The smallest absolute Gasteiger partial charge is 0.0490 e. The van der Waals surface area contributed by atoms with Gasteiger partial charge in [-0.05, 0) is 148 Å². The second-order valence-corrected chi connectivity index (χ2v) is 14.8. The minimum absolute atomic E-state index is 0.998. The maximum absolute atomic E-state index is 2.37. The van der Waals surface area contributed by atoms with Crippen LogP contribution in [0.3, 0.4) is 0 Å². The highest BCUT2D eigenvalue weighted by Gasteiger charge is 2.16. The zero-order chi connectivity index (χ0) is 37.6. The van der Waals surface area contributed by atoms with Crippen molar-refractivity contribution >= 4 is 46.3 Å². The van der Waals surface area contributed by atoms with Crippen molar-refractivity contribution in [2.24, 2.45) is 0 Å². The first-order valence-electron chi connectivity index (χ1n) is 19.0. The molecule has 0 atom stereocenters. The highest BCUT2D eigenvalue weighted by molar-refractivity contribution is 5.81. The van der Waals surface area contributed by atoms with Crippen LogP contribution in [0.4, 0.5) is 34.1 Å². The summed E-state index contributed by atoms with van der Waals surface area (Å²) in [6.07, 6.45) is 6.40. The van der Waals surface area contributed by atoms with Crippen molar-refractivity contribution in [1.82, 2.24) is 0 Å². The molecule has 0 aliphatic carbocycles. The van der Waals surface area contributed by atoms with Crippen LogP contribution in [0, 0.1) is 41.5 Å². The molecule has 0 fully saturated rings. The van der Waals surface area contributed by atoms with Crippen molar-refractivity contribution in [2.75, 3.05) is 9.80 Å². The molecule has 268 valence electrons. The first kappa shape index (κ1) is 36.2. The summed E-state index contributed by atoms with van der Waals surface area (Å²) in [5.74, 6) is 0. The van der Waals surface area contributed by atoms with E-state index in [0.717, 1.165) is 24.2 Å². The largest absolute Gasteiger partial charge is 0.310 e. The van der Waals surface area contributed by atoms with Gasteiger partial charge in [0, 0.05) is 34.1 Å². The van der Waals surface area contributed by atoms with Crippen LogP contribution in [0.2, 0.25) is 0 Å². The fourth-order valence-electron chi connectivity index (χ4n) is 7.18. The third kappa shape index (κ3) is 8.56. The van der Waals surface area contributed by atoms with E-state index >= 15 is 0 Å². The maximum atomic E-state index is 2.37. The average molecular weight is 703 g/mol. The molecule has 0 amide bonds. The van der Waals surface area contributed by atoms with Crippen LogP contribution in [-0.4, -0.2) is 0 Å². The Morgan fingerprint density at radius 3 is 1.00 bits per heavy atom. The van der Waals surface area contributed by atoms with E-state index in [1.807, 2.05) is 0 Å². The SMILES string of the molecule is Cc1ccc(N(c2ccc(/C=C/c3ccc(CCc4ccc(N(c5ccc(C)cc5)c5ccc(C)cc5C)cc4)cc3)cc2)c2ccc(C)cc2C)cc1. The summed E-state index contributed by atoms with van der Waals surface area (Å²) in [6, 6.07) is 57.9. The Balaban J connectivity index is 1.00. The lowest BCUT2D eigenvalue weighted by Gasteiger charge is -2.27. The molecule has 2 nitrogen and oxygen atoms in total. The zero-order valence-corrected chi connectivity index (χ0v) is 32.5. The van der Waals surface area contributed by atoms with Crippen molar-refractivity contribution < 1.29 is 0 Å². The van der Waals surface area contributed by atoms with Crippen LogP contribution in [0.5, 0.6) is 0 Å². The molecule has 7 aromatic carbocycles. The van der Waals surface area contributed by atoms with Gasteiger partial charge < -0.3 is 9.80 Å². The number of benzene rings is 7. The van der Waals surface area contributed by atoms with Gasteiger partial charge in [-0.25, -0.2) is 0 Å². The van der Waals surface area contributed by atoms with Gasteiger partial charge in [0.15, 0.2) is 0 Å². The van der Waals surface area contributed by atoms with Gasteiger partial charge in [0.05, 0.1) is 0 Å². The van der Waals surface area contributed by atoms with Crippen molar-refractivity contribution in [1.29, 1.82) is 0 Å². The number of aryl methyl sites for hydroxylation is 8. The quantitative estimate of drug-likeness (QED) is 0.124. The van der Waals surface area contributed by atoms with E-state index in [-0.39, 0.29) is 0 Å². The number of nitrogens with zero attached hydrogens (tertiary/aromatic N) is 2. The third-order valence-electron chi connectivity index (χ3n) is 10.3. The van der Waals surface area contributed by atoms with Gasteiger partial charge in [-0.15, -0.1) is 0 Å². The minimum Gasteiger partial charge on any atom is -0.310 e. The lowest BCUT2D eigenvalue weighted by atomic mass is 10.0. The Bertz CT molecular complexity index is 2350. The maximum Gasteiger partial charge on any atom is 0.0490 e. The van der Waals surface area contributed by atoms with Gasteiger partial charge in [-0.2, -0.15) is 0 Å². The number of rotatable bonds is 11. The molecule has 7 rings (SSSR count). The van der Waals surface area contributed by atoms with E-state index in [2.05, 4.69) is 221 Å². The third-order valence-corrected chi connectivity index (χ3v) is 10.3. The lowest BCUT2D eigenvalue weighted by Crippen LogP contribution is -2.11. The Morgan fingerprint density at radius 1 is 0.333 bits per heavy atom. The summed E-state index contributed by atoms with van der Waals surface area (Å²) < 4.78 is 0. The summed E-state index contributed by atoms with van der Waals surface area (Å²) in [6.45, 7) is 13.0. The van der Waals surface area contributed by atoms with Gasteiger partial charge in [0.25, 0.3) is 0 Å². The Kier molecular flexibility index (Phi) is 10.9. The van der Waals surface area contributed by atoms with Crippen LogP contribution in [0.1, 0.15) is 55.6 Å². The molecule has 0 spiro atoms. The molecule has 7 aromatic rings. The van der Waals surface area contributed by atoms with E-state index < -0.39 is 0 Å². The average Bonchev–Trinajstić information content (AvgIpc) is 3.18. The van der Waals surface area contributed by atoms with Crippen molar-refractivity contribution in [3.8, 4) is 0 Å². The van der Waals surface area contributed by atoms with Gasteiger partial charge in [0.1, 0.15) is 0 Å². The predicted octanol–water partition coefficient (Wildman–Crippen LogP) is 14.4. The predicted molar refractivity (Wildman–Crippen MR) is 233 cm³/mol. The summed E-state index contributed by atoms with van der Waals surface area (Å²) in [5.41, 5.74) is 19.7. The zero-order valence-electron chi connectivity index (χ0n) is 32.5. The van der Waals surface area contributed by atoms with Gasteiger partial charge in [-0.1, -0.05) is 131 Å². The second-order valence-electron chi connectivity index (χ2n) is 14.8. The van der Waals surface area contributed by atoms with Gasteiger partial charge in [-0.3, -0.25) is 0 Å². The van der Waals surface area contributed by atoms with Crippen LogP contribution in [-0.2, 0) is 12.8 Å². The Labute approximate surface area is 322 Å². The molecule has 2 heteroatoms. The molecule has 0 saturated carbocycles. The van der Waals surface area contributed by atoms with E-state index in [9.17, 15) is 0 Å². The molecule has 0 unspecified atom stereocenters. The molecular weight excluding hydrogens is 653 g/mol. The minimum atomic E-state index is 0.998. The summed E-state index contributed by atoms with van der Waals surface area (Å²) in [4.78, 5) is 4.71. The van der Waals surface area contributed by atoms with Crippen LogP contribution >= 0.6 is 0 Å². The lowest BCUT2D eigenvalue weighted by molar-refractivity contribution is 0.960. The topological polar surface area (TPSA) is 6.48 Å². The van der Waals surface area contributed by atoms with Crippen LogP contribution < -0.4 is 9.80 Å². The molecule has 0 aliphatic heterocycles. The van der Waals surface area contributed by atoms with E-state index in [0.29, 0.717) is 0 Å². The molecule has 0 saturated heterocycles. The number of hydrogen-bond acceptors (Lipinski definition) is 2. The first-order valence-corrected chi connectivity index (χ1v) is 19.0. The first-order chi connectivity index (χ1) is 26.2.